The number of amides is 3. The molecule has 0 aromatic heterocycles. The Kier molecular flexibility index (Phi) is 6.99. The number of hydrogen-bond acceptors (Lipinski definition) is 6. The third kappa shape index (κ3) is 5.54. The number of carbonyl (C=O) groups excluding carboxylic acids is 2. The molecule has 2 aromatic carbocycles. The molecule has 33 heavy (non-hydrogen) atoms. The number of anilines is 1. The number of ether oxygens (including phenoxy) is 1. The first-order valence-electron chi connectivity index (χ1n) is 11.1. The number of fused-ring (bicyclic) bond motifs is 1. The smallest absolute Gasteiger partial charge is 0.315 e. The molecule has 0 radical (unpaired) electrons. The predicted octanol–water partition coefficient (Wildman–Crippen LogP) is 3.08. The molecule has 4 rings (SSSR count). The minimum atomic E-state index is -1.11. The van der Waals surface area contributed by atoms with E-state index in [4.69, 9.17) is 4.74 Å². The molecule has 2 atom stereocenters. The summed E-state index contributed by atoms with van der Waals surface area (Å²) < 4.78 is 5.59. The topological polar surface area (TPSA) is 103 Å². The molecule has 0 spiro atoms. The lowest BCUT2D eigenvalue weighted by Gasteiger charge is -2.32. The normalized spacial score (nSPS) is 21.5. The fraction of sp³-hybridized carbons (Fsp3) is 0.417. The van der Waals surface area contributed by atoms with E-state index < -0.39 is 11.8 Å². The Bertz CT molecular complexity index is 1030. The summed E-state index contributed by atoms with van der Waals surface area (Å²) in [6.07, 6.45) is 3.93. The third-order valence-corrected chi connectivity index (χ3v) is 6.69. The monoisotopic (exact) mass is 470 g/mol. The Morgan fingerprint density at radius 3 is 2.91 bits per heavy atom. The Balaban J connectivity index is 1.28. The highest BCUT2D eigenvalue weighted by atomic mass is 32.2. The van der Waals surface area contributed by atoms with Crippen molar-refractivity contribution in [2.75, 3.05) is 31.3 Å². The van der Waals surface area contributed by atoms with E-state index in [1.807, 2.05) is 35.4 Å². The van der Waals surface area contributed by atoms with Crippen LogP contribution in [-0.4, -0.2) is 53.6 Å². The van der Waals surface area contributed by atoms with Crippen molar-refractivity contribution >= 4 is 29.4 Å². The van der Waals surface area contributed by atoms with Gasteiger partial charge in [0.15, 0.2) is 5.72 Å². The van der Waals surface area contributed by atoms with E-state index >= 15 is 0 Å². The first-order chi connectivity index (χ1) is 15.9. The van der Waals surface area contributed by atoms with Crippen LogP contribution in [0.1, 0.15) is 36.9 Å². The summed E-state index contributed by atoms with van der Waals surface area (Å²) in [6, 6.07) is 13.3. The molecular weight excluding hydrogens is 440 g/mol. The summed E-state index contributed by atoms with van der Waals surface area (Å²) in [6.45, 7) is 2.73. The molecule has 8 nitrogen and oxygen atoms in total. The molecule has 0 unspecified atom stereocenters. The van der Waals surface area contributed by atoms with Crippen molar-refractivity contribution in [3.63, 3.8) is 0 Å². The molecule has 1 fully saturated rings. The van der Waals surface area contributed by atoms with Gasteiger partial charge in [0.05, 0.1) is 18.3 Å². The molecule has 2 aliphatic heterocycles. The number of carbonyl (C=O) groups is 2. The van der Waals surface area contributed by atoms with Crippen molar-refractivity contribution in [1.82, 2.24) is 15.5 Å². The largest absolute Gasteiger partial charge is 0.486 e. The molecule has 9 heteroatoms. The first kappa shape index (κ1) is 23.3. The zero-order valence-electron chi connectivity index (χ0n) is 18.9. The lowest BCUT2D eigenvalue weighted by Crippen LogP contribution is -2.44. The van der Waals surface area contributed by atoms with Gasteiger partial charge in [-0.2, -0.15) is 0 Å². The number of nitrogens with zero attached hydrogens (tertiary/aromatic N) is 1. The molecule has 2 aliphatic rings. The predicted molar refractivity (Wildman–Crippen MR) is 128 cm³/mol. The van der Waals surface area contributed by atoms with Gasteiger partial charge in [0, 0.05) is 18.0 Å². The molecular formula is C24H30N4O4S. The Labute approximate surface area is 198 Å². The van der Waals surface area contributed by atoms with E-state index in [-0.39, 0.29) is 25.1 Å². The SMILES string of the molecule is CSc1ccccc1[C@@H]1CCCN1C(=O)CNC(=O)NCc1ccc2c(c1)OC[C@](C)(O)N2. The highest BCUT2D eigenvalue weighted by Crippen LogP contribution is 2.36. The number of thioether (sulfide) groups is 1. The molecule has 3 amide bonds. The Morgan fingerprint density at radius 2 is 2.09 bits per heavy atom. The highest BCUT2D eigenvalue weighted by Gasteiger charge is 2.31. The molecule has 4 N–H and O–H groups in total. The highest BCUT2D eigenvalue weighted by molar-refractivity contribution is 7.98. The Hall–Kier alpha value is -2.91. The number of benzene rings is 2. The van der Waals surface area contributed by atoms with Crippen LogP contribution in [0.2, 0.25) is 0 Å². The van der Waals surface area contributed by atoms with E-state index in [0.717, 1.165) is 18.4 Å². The van der Waals surface area contributed by atoms with Crippen LogP contribution in [0.25, 0.3) is 0 Å². The van der Waals surface area contributed by atoms with Gasteiger partial charge in [-0.25, -0.2) is 4.79 Å². The summed E-state index contributed by atoms with van der Waals surface area (Å²) in [5.41, 5.74) is 1.62. The van der Waals surface area contributed by atoms with Gasteiger partial charge in [-0.1, -0.05) is 24.3 Å². The average molecular weight is 471 g/mol. The van der Waals surface area contributed by atoms with Gasteiger partial charge in [0.1, 0.15) is 12.4 Å². The summed E-state index contributed by atoms with van der Waals surface area (Å²) in [5, 5.41) is 18.5. The maximum absolute atomic E-state index is 12.9. The third-order valence-electron chi connectivity index (χ3n) is 5.88. The fourth-order valence-corrected chi connectivity index (χ4v) is 4.93. The first-order valence-corrected chi connectivity index (χ1v) is 12.3. The van der Waals surface area contributed by atoms with Gasteiger partial charge in [-0.3, -0.25) is 4.79 Å². The van der Waals surface area contributed by atoms with Crippen molar-refractivity contribution in [3.05, 3.63) is 53.6 Å². The summed E-state index contributed by atoms with van der Waals surface area (Å²) in [4.78, 5) is 28.2. The zero-order valence-corrected chi connectivity index (χ0v) is 19.7. The van der Waals surface area contributed by atoms with Gasteiger partial charge < -0.3 is 30.7 Å². The number of nitrogens with one attached hydrogen (secondary N) is 3. The van der Waals surface area contributed by atoms with Crippen molar-refractivity contribution < 1.29 is 19.4 Å². The Morgan fingerprint density at radius 1 is 1.27 bits per heavy atom. The summed E-state index contributed by atoms with van der Waals surface area (Å²) in [7, 11) is 0. The summed E-state index contributed by atoms with van der Waals surface area (Å²) in [5.74, 6) is 0.547. The quantitative estimate of drug-likeness (QED) is 0.484. The van der Waals surface area contributed by atoms with Crippen LogP contribution >= 0.6 is 11.8 Å². The number of aliphatic hydroxyl groups is 1. The number of rotatable bonds is 6. The lowest BCUT2D eigenvalue weighted by molar-refractivity contribution is -0.131. The van der Waals surface area contributed by atoms with Crippen molar-refractivity contribution in [1.29, 1.82) is 0 Å². The van der Waals surface area contributed by atoms with Crippen LogP contribution in [0.4, 0.5) is 10.5 Å². The van der Waals surface area contributed by atoms with Crippen molar-refractivity contribution in [2.45, 2.75) is 43.0 Å². The molecule has 1 saturated heterocycles. The van der Waals surface area contributed by atoms with Crippen LogP contribution in [0.3, 0.4) is 0 Å². The van der Waals surface area contributed by atoms with Gasteiger partial charge in [0.2, 0.25) is 5.91 Å². The van der Waals surface area contributed by atoms with E-state index in [1.165, 1.54) is 10.5 Å². The van der Waals surface area contributed by atoms with E-state index in [2.05, 4.69) is 28.1 Å². The van der Waals surface area contributed by atoms with E-state index in [9.17, 15) is 14.7 Å². The van der Waals surface area contributed by atoms with Crippen LogP contribution in [-0.2, 0) is 11.3 Å². The van der Waals surface area contributed by atoms with E-state index in [1.54, 1.807) is 24.8 Å². The van der Waals surface area contributed by atoms with Gasteiger partial charge >= 0.3 is 6.03 Å². The molecule has 2 heterocycles. The fourth-order valence-electron chi connectivity index (χ4n) is 4.28. The minimum absolute atomic E-state index is 0.0456. The summed E-state index contributed by atoms with van der Waals surface area (Å²) >= 11 is 1.68. The van der Waals surface area contributed by atoms with Gasteiger partial charge in [0.25, 0.3) is 0 Å². The van der Waals surface area contributed by atoms with Crippen LogP contribution < -0.4 is 20.7 Å². The lowest BCUT2D eigenvalue weighted by atomic mass is 10.0. The average Bonchev–Trinajstić information content (AvgIpc) is 3.30. The number of urea groups is 1. The maximum Gasteiger partial charge on any atom is 0.315 e. The molecule has 2 aromatic rings. The minimum Gasteiger partial charge on any atom is -0.486 e. The van der Waals surface area contributed by atoms with Crippen LogP contribution in [0.5, 0.6) is 5.75 Å². The van der Waals surface area contributed by atoms with Crippen LogP contribution in [0.15, 0.2) is 47.4 Å². The maximum atomic E-state index is 12.9. The van der Waals surface area contributed by atoms with Gasteiger partial charge in [-0.05, 0) is 55.3 Å². The zero-order chi connectivity index (χ0) is 23.4. The molecule has 0 saturated carbocycles. The number of hydrogen-bond donors (Lipinski definition) is 4. The second-order valence-electron chi connectivity index (χ2n) is 8.54. The standard InChI is InChI=1S/C24H30N4O4S/c1-24(31)15-32-20-12-16(9-10-18(20)27-24)13-25-23(30)26-14-22(29)28-11-5-7-19(28)17-6-3-4-8-21(17)33-2/h3-4,6,8-10,12,19,27,31H,5,7,11,13-15H2,1-2H3,(H2,25,26,30)/t19-,24-/m0/s1. The van der Waals surface area contributed by atoms with Crippen molar-refractivity contribution in [3.8, 4) is 5.75 Å². The molecule has 0 aliphatic carbocycles. The van der Waals surface area contributed by atoms with Gasteiger partial charge in [-0.15, -0.1) is 11.8 Å². The molecule has 0 bridgehead atoms. The van der Waals surface area contributed by atoms with Crippen LogP contribution in [0, 0.1) is 0 Å². The number of likely N-dealkylation sites (tertiary alicyclic amines) is 1. The molecule has 176 valence electrons. The second-order valence-corrected chi connectivity index (χ2v) is 9.39. The van der Waals surface area contributed by atoms with E-state index in [0.29, 0.717) is 24.5 Å². The van der Waals surface area contributed by atoms with Crippen molar-refractivity contribution in [2.24, 2.45) is 0 Å². The second kappa shape index (κ2) is 9.93.